The summed E-state index contributed by atoms with van der Waals surface area (Å²) in [4.78, 5) is 17.0. The lowest BCUT2D eigenvalue weighted by molar-refractivity contribution is -0.125. The first-order valence-electron chi connectivity index (χ1n) is 10.6. The van der Waals surface area contributed by atoms with Gasteiger partial charge in [-0.15, -0.1) is 0 Å². The molecule has 0 spiro atoms. The van der Waals surface area contributed by atoms with E-state index in [1.54, 1.807) is 0 Å². The van der Waals surface area contributed by atoms with Gasteiger partial charge >= 0.3 is 0 Å². The van der Waals surface area contributed by atoms with Crippen LogP contribution in [0.1, 0.15) is 57.4 Å². The molecule has 148 valence electrons. The maximum absolute atomic E-state index is 12.2. The highest BCUT2D eigenvalue weighted by Gasteiger charge is 2.43. The van der Waals surface area contributed by atoms with E-state index in [4.69, 9.17) is 4.99 Å². The first kappa shape index (κ1) is 19.7. The Morgan fingerprint density at radius 2 is 1.74 bits per heavy atom. The minimum Gasteiger partial charge on any atom is -0.357 e. The van der Waals surface area contributed by atoms with Crippen LogP contribution >= 0.6 is 0 Å². The number of rotatable bonds is 8. The van der Waals surface area contributed by atoms with E-state index < -0.39 is 0 Å². The lowest BCUT2D eigenvalue weighted by Gasteiger charge is -2.21. The Labute approximate surface area is 163 Å². The number of guanidine groups is 1. The number of hydrogen-bond acceptors (Lipinski definition) is 2. The first-order valence-corrected chi connectivity index (χ1v) is 10.6. The lowest BCUT2D eigenvalue weighted by atomic mass is 9.89. The molecule has 1 amide bonds. The standard InChI is InChI=1S/C22H34N4O/c1-2-23-21(25-16-15-24-20(27)18-9-5-3-6-10-18)26-17-22(13-14-22)19-11-7-4-8-12-19/h4,7-8,11-12,18H,2-3,5-6,9-10,13-17H2,1H3,(H,24,27)(H2,23,25,26). The zero-order valence-corrected chi connectivity index (χ0v) is 16.6. The third-order valence-electron chi connectivity index (χ3n) is 5.82. The average Bonchev–Trinajstić information content (AvgIpc) is 3.51. The van der Waals surface area contributed by atoms with Gasteiger partial charge in [-0.2, -0.15) is 0 Å². The summed E-state index contributed by atoms with van der Waals surface area (Å²) in [5.74, 6) is 1.28. The highest BCUT2D eigenvalue weighted by molar-refractivity contribution is 5.80. The van der Waals surface area contributed by atoms with Gasteiger partial charge in [-0.05, 0) is 38.2 Å². The third-order valence-corrected chi connectivity index (χ3v) is 5.82. The third kappa shape index (κ3) is 5.72. The van der Waals surface area contributed by atoms with E-state index in [1.807, 2.05) is 0 Å². The van der Waals surface area contributed by atoms with Crippen molar-refractivity contribution in [3.8, 4) is 0 Å². The van der Waals surface area contributed by atoms with Gasteiger partial charge in [-0.1, -0.05) is 49.6 Å². The van der Waals surface area contributed by atoms with Crippen LogP contribution in [0.15, 0.2) is 35.3 Å². The average molecular weight is 371 g/mol. The molecule has 5 nitrogen and oxygen atoms in total. The van der Waals surface area contributed by atoms with Gasteiger partial charge in [0.25, 0.3) is 0 Å². The molecule has 0 bridgehead atoms. The highest BCUT2D eigenvalue weighted by atomic mass is 16.1. The number of aliphatic imine (C=N–C) groups is 1. The van der Waals surface area contributed by atoms with E-state index in [0.29, 0.717) is 13.1 Å². The minimum atomic E-state index is 0.221. The number of nitrogens with one attached hydrogen (secondary N) is 3. The summed E-state index contributed by atoms with van der Waals surface area (Å²) in [7, 11) is 0. The van der Waals surface area contributed by atoms with Gasteiger partial charge in [0.2, 0.25) is 5.91 Å². The molecule has 1 aromatic carbocycles. The van der Waals surface area contributed by atoms with Crippen LogP contribution < -0.4 is 16.0 Å². The molecule has 1 aromatic rings. The molecule has 0 radical (unpaired) electrons. The number of hydrogen-bond donors (Lipinski definition) is 3. The van der Waals surface area contributed by atoms with Crippen molar-refractivity contribution in [3.63, 3.8) is 0 Å². The molecule has 0 heterocycles. The van der Waals surface area contributed by atoms with Crippen LogP contribution in [-0.2, 0) is 10.2 Å². The number of carbonyl (C=O) groups excluding carboxylic acids is 1. The molecule has 0 aromatic heterocycles. The maximum Gasteiger partial charge on any atom is 0.223 e. The van der Waals surface area contributed by atoms with Crippen LogP contribution in [-0.4, -0.2) is 38.0 Å². The van der Waals surface area contributed by atoms with Crippen molar-refractivity contribution in [3.05, 3.63) is 35.9 Å². The second-order valence-electron chi connectivity index (χ2n) is 7.89. The van der Waals surface area contributed by atoms with Crippen LogP contribution in [0.25, 0.3) is 0 Å². The number of amides is 1. The lowest BCUT2D eigenvalue weighted by Crippen LogP contribution is -2.43. The fourth-order valence-electron chi connectivity index (χ4n) is 3.93. The van der Waals surface area contributed by atoms with Gasteiger partial charge < -0.3 is 16.0 Å². The molecular weight excluding hydrogens is 336 g/mol. The van der Waals surface area contributed by atoms with E-state index in [2.05, 4.69) is 53.2 Å². The molecule has 3 rings (SSSR count). The van der Waals surface area contributed by atoms with E-state index >= 15 is 0 Å². The molecule has 2 saturated carbocycles. The topological polar surface area (TPSA) is 65.5 Å². The molecule has 5 heteroatoms. The van der Waals surface area contributed by atoms with Gasteiger partial charge in [-0.25, -0.2) is 0 Å². The zero-order valence-electron chi connectivity index (χ0n) is 16.6. The largest absolute Gasteiger partial charge is 0.357 e. The van der Waals surface area contributed by atoms with E-state index in [9.17, 15) is 4.79 Å². The monoisotopic (exact) mass is 370 g/mol. The minimum absolute atomic E-state index is 0.221. The first-order chi connectivity index (χ1) is 13.2. The molecule has 2 aliphatic rings. The smallest absolute Gasteiger partial charge is 0.223 e. The Hall–Kier alpha value is -2.04. The number of nitrogens with zero attached hydrogens (tertiary/aromatic N) is 1. The molecule has 27 heavy (non-hydrogen) atoms. The molecule has 0 aliphatic heterocycles. The second-order valence-corrected chi connectivity index (χ2v) is 7.89. The Morgan fingerprint density at radius 1 is 1.04 bits per heavy atom. The van der Waals surface area contributed by atoms with E-state index in [1.165, 1.54) is 37.7 Å². The van der Waals surface area contributed by atoms with Crippen LogP contribution in [0.5, 0.6) is 0 Å². The van der Waals surface area contributed by atoms with Crippen LogP contribution in [0.3, 0.4) is 0 Å². The highest BCUT2D eigenvalue weighted by Crippen LogP contribution is 2.48. The summed E-state index contributed by atoms with van der Waals surface area (Å²) in [5.41, 5.74) is 1.61. The van der Waals surface area contributed by atoms with Gasteiger partial charge in [0.15, 0.2) is 5.96 Å². The number of carbonyl (C=O) groups is 1. The van der Waals surface area contributed by atoms with Gasteiger partial charge in [0, 0.05) is 31.0 Å². The van der Waals surface area contributed by atoms with Crippen LogP contribution in [0, 0.1) is 5.92 Å². The summed E-state index contributed by atoms with van der Waals surface area (Å²) in [6, 6.07) is 10.7. The second kappa shape index (κ2) is 9.77. The van der Waals surface area contributed by atoms with Gasteiger partial charge in [-0.3, -0.25) is 9.79 Å². The summed E-state index contributed by atoms with van der Waals surface area (Å²) < 4.78 is 0. The molecule has 3 N–H and O–H groups in total. The quantitative estimate of drug-likeness (QED) is 0.374. The normalized spacial score (nSPS) is 19.4. The van der Waals surface area contributed by atoms with Crippen LogP contribution in [0.4, 0.5) is 0 Å². The van der Waals surface area contributed by atoms with Crippen molar-refractivity contribution in [2.24, 2.45) is 10.9 Å². The van der Waals surface area contributed by atoms with Crippen molar-refractivity contribution in [2.75, 3.05) is 26.2 Å². The van der Waals surface area contributed by atoms with Crippen molar-refractivity contribution in [2.45, 2.75) is 57.3 Å². The predicted octanol–water partition coefficient (Wildman–Crippen LogP) is 2.97. The molecular formula is C22H34N4O. The Balaban J connectivity index is 1.43. The molecule has 2 fully saturated rings. The van der Waals surface area contributed by atoms with E-state index in [0.717, 1.165) is 31.9 Å². The van der Waals surface area contributed by atoms with E-state index in [-0.39, 0.29) is 17.2 Å². The van der Waals surface area contributed by atoms with Crippen molar-refractivity contribution < 1.29 is 4.79 Å². The summed E-state index contributed by atoms with van der Waals surface area (Å²) >= 11 is 0. The van der Waals surface area contributed by atoms with Crippen molar-refractivity contribution in [1.29, 1.82) is 0 Å². The summed E-state index contributed by atoms with van der Waals surface area (Å²) in [5, 5.41) is 9.74. The van der Waals surface area contributed by atoms with Gasteiger partial charge in [0.05, 0.1) is 6.54 Å². The molecule has 0 atom stereocenters. The molecule has 2 aliphatic carbocycles. The molecule has 0 saturated heterocycles. The van der Waals surface area contributed by atoms with Crippen LogP contribution in [0.2, 0.25) is 0 Å². The predicted molar refractivity (Wildman–Crippen MR) is 111 cm³/mol. The Bertz CT molecular complexity index is 618. The Kier molecular flexibility index (Phi) is 7.13. The SMILES string of the molecule is CCNC(=NCC1(c2ccccc2)CC1)NCCNC(=O)C1CCCCC1. The maximum atomic E-state index is 12.2. The van der Waals surface area contributed by atoms with Crippen molar-refractivity contribution >= 4 is 11.9 Å². The van der Waals surface area contributed by atoms with Gasteiger partial charge in [0.1, 0.15) is 0 Å². The van der Waals surface area contributed by atoms with Crippen molar-refractivity contribution in [1.82, 2.24) is 16.0 Å². The summed E-state index contributed by atoms with van der Waals surface area (Å²) in [6.45, 7) is 5.05. The number of benzene rings is 1. The molecule has 0 unspecified atom stereocenters. The fraction of sp³-hybridized carbons (Fsp3) is 0.636. The summed E-state index contributed by atoms with van der Waals surface area (Å²) in [6.07, 6.45) is 8.16. The Morgan fingerprint density at radius 3 is 2.41 bits per heavy atom. The fourth-order valence-corrected chi connectivity index (χ4v) is 3.93. The zero-order chi connectivity index (χ0) is 19.0.